The Kier molecular flexibility index (Phi) is 16.3. The predicted octanol–water partition coefficient (Wildman–Crippen LogP) is 2.13. The van der Waals surface area contributed by atoms with Gasteiger partial charge in [-0.15, -0.1) is 0 Å². The smallest absolute Gasteiger partial charge is 0.548 e. The summed E-state index contributed by atoms with van der Waals surface area (Å²) in [5, 5.41) is 30.1. The summed E-state index contributed by atoms with van der Waals surface area (Å²) in [6.07, 6.45) is -3.68. The molecule has 0 spiro atoms. The van der Waals surface area contributed by atoms with Gasteiger partial charge in [-0.1, -0.05) is 30.3 Å². The minimum absolute atomic E-state index is 0. The van der Waals surface area contributed by atoms with Crippen LogP contribution in [0.4, 0.5) is 27.2 Å². The fourth-order valence-corrected chi connectivity index (χ4v) is 7.02. The van der Waals surface area contributed by atoms with Crippen LogP contribution in [-0.2, 0) is 35.6 Å². The number of aliphatic carboxylic acids is 2. The number of benzene rings is 2. The van der Waals surface area contributed by atoms with E-state index in [4.69, 9.17) is 28.8 Å². The van der Waals surface area contributed by atoms with E-state index in [1.54, 1.807) is 84.0 Å². The maximum atomic E-state index is 15.1. The molecule has 5 heterocycles. The number of aliphatic hydroxyl groups is 1. The zero-order chi connectivity index (χ0) is 48.4. The summed E-state index contributed by atoms with van der Waals surface area (Å²) in [5.74, 6) is -10.7. The second-order valence-electron chi connectivity index (χ2n) is 17.7. The molecule has 2 N–H and O–H groups in total. The molecule has 0 radical (unpaired) electrons. The third-order valence-electron chi connectivity index (χ3n) is 9.95. The molecule has 4 aromatic rings. The summed E-state index contributed by atoms with van der Waals surface area (Å²) >= 11 is 0. The first kappa shape index (κ1) is 52.5. The van der Waals surface area contributed by atoms with Crippen molar-refractivity contribution in [1.82, 2.24) is 29.7 Å². The van der Waals surface area contributed by atoms with Crippen molar-refractivity contribution in [3.63, 3.8) is 0 Å². The average Bonchev–Trinajstić information content (AvgIpc) is 3.74. The summed E-state index contributed by atoms with van der Waals surface area (Å²) in [4.78, 5) is 66.8. The molecule has 3 aliphatic rings. The number of carbonyl (C=O) groups excluding carboxylic acids is 3. The molecule has 3 aliphatic heterocycles. The summed E-state index contributed by atoms with van der Waals surface area (Å²) in [6.45, 7) is 9.12. The van der Waals surface area contributed by atoms with Gasteiger partial charge in [-0.25, -0.2) is 34.3 Å². The molecule has 0 saturated carbocycles. The monoisotopic (exact) mass is 952 g/mol. The molecule has 5 atom stereocenters. The SMILES string of the molecule is CC(C)(C)OC(=O)N1C[C@H](Oc2nc3ccccc3nc2C(F)(F)/C=C/CO)C[C@H]1C(=O)O.CC(C)(C)OC(=O)N1C[C@H](Oc2nc3ccccc3nc2C(F)(F)CC2CO2)C[C@H]1C(=O)[O-].[Na+]. The van der Waals surface area contributed by atoms with Crippen molar-refractivity contribution in [2.45, 2.75) is 114 Å². The predicted molar refractivity (Wildman–Crippen MR) is 222 cm³/mol. The van der Waals surface area contributed by atoms with Crippen LogP contribution in [0.3, 0.4) is 0 Å². The van der Waals surface area contributed by atoms with Gasteiger partial charge in [0.15, 0.2) is 11.4 Å². The van der Waals surface area contributed by atoms with Crippen molar-refractivity contribution < 1.29 is 105 Å². The van der Waals surface area contributed by atoms with Gasteiger partial charge in [0.2, 0.25) is 11.8 Å². The molecule has 7 rings (SSSR count). The number of nitrogens with zero attached hydrogens (tertiary/aromatic N) is 6. The molecule has 2 amide bonds. The van der Waals surface area contributed by atoms with E-state index < -0.39 is 114 Å². The Labute approximate surface area is 403 Å². The number of aromatic nitrogens is 4. The second kappa shape index (κ2) is 20.8. The van der Waals surface area contributed by atoms with Crippen LogP contribution < -0.4 is 44.1 Å². The van der Waals surface area contributed by atoms with Gasteiger partial charge in [-0.2, -0.15) is 17.6 Å². The number of carbonyl (C=O) groups is 4. The van der Waals surface area contributed by atoms with E-state index in [9.17, 15) is 38.2 Å². The van der Waals surface area contributed by atoms with Crippen molar-refractivity contribution >= 4 is 46.2 Å². The summed E-state index contributed by atoms with van der Waals surface area (Å²) in [5.41, 5.74) is -2.02. The van der Waals surface area contributed by atoms with Crippen LogP contribution in [0, 0.1) is 0 Å². The number of fused-ring (bicyclic) bond motifs is 2. The second-order valence-corrected chi connectivity index (χ2v) is 17.7. The molecule has 0 bridgehead atoms. The largest absolute Gasteiger partial charge is 1.00 e. The first-order chi connectivity index (χ1) is 30.8. The topological polar surface area (TPSA) is 239 Å². The molecule has 67 heavy (non-hydrogen) atoms. The van der Waals surface area contributed by atoms with Gasteiger partial charge in [-0.3, -0.25) is 9.80 Å². The van der Waals surface area contributed by atoms with E-state index in [0.717, 1.165) is 15.9 Å². The zero-order valence-electron chi connectivity index (χ0n) is 37.8. The number of allylic oxidation sites excluding steroid dienone is 1. The minimum atomic E-state index is -3.62. The van der Waals surface area contributed by atoms with Crippen molar-refractivity contribution in [2.24, 2.45) is 0 Å². The molecule has 23 heteroatoms. The number of amides is 2. The van der Waals surface area contributed by atoms with Gasteiger partial charge in [0, 0.05) is 19.3 Å². The Morgan fingerprint density at radius 3 is 1.58 bits per heavy atom. The molecule has 1 unspecified atom stereocenters. The van der Waals surface area contributed by atoms with Crippen molar-refractivity contribution in [3.8, 4) is 11.8 Å². The number of likely N-dealkylation sites (tertiary alicyclic amines) is 2. The third kappa shape index (κ3) is 13.6. The van der Waals surface area contributed by atoms with Crippen LogP contribution in [0.5, 0.6) is 11.8 Å². The Morgan fingerprint density at radius 2 is 1.16 bits per heavy atom. The number of para-hydroxylation sites is 4. The van der Waals surface area contributed by atoms with Crippen LogP contribution in [0.2, 0.25) is 0 Å². The van der Waals surface area contributed by atoms with E-state index in [1.807, 2.05) is 0 Å². The summed E-state index contributed by atoms with van der Waals surface area (Å²) in [6, 6.07) is 10.3. The molecular formula is C44H49F4N6NaO12. The fourth-order valence-electron chi connectivity index (χ4n) is 7.02. The number of epoxide rings is 1. The Morgan fingerprint density at radius 1 is 0.746 bits per heavy atom. The minimum Gasteiger partial charge on any atom is -0.548 e. The Balaban J connectivity index is 0.000000247. The maximum Gasteiger partial charge on any atom is 1.00 e. The molecular weight excluding hydrogens is 903 g/mol. The standard InChI is InChI=1S/2C22H25F2N3O6.Na/c1-21(2,3)33-20(30)27-10-12(8-16(27)19(28)29)32-18-17(22(23,24)9-13-11-31-13)25-14-6-4-5-7-15(14)26-18;1-21(2,3)33-20(31)27-12-13(11-16(27)19(29)30)32-18-17(22(23,24)9-6-10-28)25-14-7-4-5-8-15(14)26-18;/h4-7,12-13,16H,8-11H2,1-3H3,(H,28,29);4-9,13,16,28H,10-12H2,1-3H3,(H,29,30);/q;;+1/p-1/b;9-6+;/t12-,13?,16+;13-,16+;/m11./s1. The van der Waals surface area contributed by atoms with Crippen LogP contribution in [0.25, 0.3) is 22.1 Å². The normalized spacial score (nSPS) is 20.8. The Hall–Kier alpha value is -5.42. The van der Waals surface area contributed by atoms with Crippen molar-refractivity contribution in [2.75, 3.05) is 26.3 Å². The van der Waals surface area contributed by atoms with E-state index in [-0.39, 0.29) is 73.1 Å². The van der Waals surface area contributed by atoms with E-state index >= 15 is 8.78 Å². The van der Waals surface area contributed by atoms with E-state index in [0.29, 0.717) is 17.1 Å². The number of hydrogen-bond acceptors (Lipinski definition) is 15. The van der Waals surface area contributed by atoms with Gasteiger partial charge in [-0.05, 0) is 71.9 Å². The van der Waals surface area contributed by atoms with Crippen LogP contribution >= 0.6 is 0 Å². The molecule has 2 aromatic heterocycles. The Bertz CT molecular complexity index is 2490. The van der Waals surface area contributed by atoms with Crippen LogP contribution in [0.1, 0.15) is 72.2 Å². The number of carboxylic acids is 2. The number of halogens is 4. The third-order valence-corrected chi connectivity index (χ3v) is 9.95. The average molecular weight is 953 g/mol. The van der Waals surface area contributed by atoms with E-state index in [2.05, 4.69) is 19.9 Å². The number of ether oxygens (including phenoxy) is 5. The summed E-state index contributed by atoms with van der Waals surface area (Å²) < 4.78 is 86.7. The zero-order valence-corrected chi connectivity index (χ0v) is 39.8. The number of alkyl halides is 4. The molecule has 3 fully saturated rings. The van der Waals surface area contributed by atoms with Gasteiger partial charge in [0.25, 0.3) is 5.92 Å². The van der Waals surface area contributed by atoms with Gasteiger partial charge in [0.1, 0.15) is 29.5 Å². The quantitative estimate of drug-likeness (QED) is 0.0895. The molecule has 0 aliphatic carbocycles. The molecule has 3 saturated heterocycles. The molecule has 2 aromatic carbocycles. The van der Waals surface area contributed by atoms with Crippen molar-refractivity contribution in [1.29, 1.82) is 0 Å². The first-order valence-electron chi connectivity index (χ1n) is 20.8. The van der Waals surface area contributed by atoms with E-state index in [1.165, 1.54) is 6.07 Å². The van der Waals surface area contributed by atoms with Gasteiger partial charge < -0.3 is 43.8 Å². The number of rotatable bonds is 12. The number of hydrogen-bond donors (Lipinski definition) is 2. The first-order valence-corrected chi connectivity index (χ1v) is 20.8. The van der Waals surface area contributed by atoms with Gasteiger partial charge >= 0.3 is 53.6 Å². The number of aliphatic hydroxyl groups excluding tert-OH is 1. The van der Waals surface area contributed by atoms with Crippen molar-refractivity contribution in [3.05, 3.63) is 72.1 Å². The fraction of sp³-hybridized carbons (Fsp3) is 0.500. The van der Waals surface area contributed by atoms with Crippen LogP contribution in [0.15, 0.2) is 60.7 Å². The number of carboxylic acid groups (broad SMARTS) is 2. The summed E-state index contributed by atoms with van der Waals surface area (Å²) in [7, 11) is 0. The maximum absolute atomic E-state index is 15.1. The molecule has 356 valence electrons. The van der Waals surface area contributed by atoms with Gasteiger partial charge in [0.05, 0.1) is 66.5 Å². The molecule has 18 nitrogen and oxygen atoms in total. The van der Waals surface area contributed by atoms with Crippen LogP contribution in [-0.4, -0.2) is 132 Å².